The zero-order valence-corrected chi connectivity index (χ0v) is 17.1. The molecule has 0 radical (unpaired) electrons. The van der Waals surface area contributed by atoms with E-state index in [1.165, 1.54) is 33.0 Å². The third kappa shape index (κ3) is 2.40. The van der Waals surface area contributed by atoms with E-state index in [4.69, 9.17) is 4.98 Å². The maximum absolute atomic E-state index is 4.96. The van der Waals surface area contributed by atoms with Crippen molar-refractivity contribution in [1.82, 2.24) is 4.98 Å². The standard InChI is InChI=1S/C28H22N2/c1-28(2)24-13-7-5-10-20(24)21-16-15-18(17-25(21)28)29-27-23-12-4-3-9-19(23)22-11-6-8-14-26(22)30-27/h3-17H,1-2H3,(H,29,30). The fourth-order valence-corrected chi connectivity index (χ4v) is 4.92. The molecule has 2 nitrogen and oxygen atoms in total. The Morgan fingerprint density at radius 3 is 2.17 bits per heavy atom. The third-order valence-corrected chi connectivity index (χ3v) is 6.45. The van der Waals surface area contributed by atoms with Gasteiger partial charge in [-0.15, -0.1) is 0 Å². The molecule has 30 heavy (non-hydrogen) atoms. The lowest BCUT2D eigenvalue weighted by Crippen LogP contribution is -2.15. The van der Waals surface area contributed by atoms with Gasteiger partial charge in [-0.2, -0.15) is 0 Å². The van der Waals surface area contributed by atoms with Crippen molar-refractivity contribution in [2.75, 3.05) is 5.32 Å². The number of nitrogens with one attached hydrogen (secondary N) is 1. The Hall–Kier alpha value is -3.65. The summed E-state index contributed by atoms with van der Waals surface area (Å²) < 4.78 is 0. The van der Waals surface area contributed by atoms with Crippen LogP contribution in [0.25, 0.3) is 32.8 Å². The van der Waals surface area contributed by atoms with Crippen molar-refractivity contribution < 1.29 is 0 Å². The second-order valence-electron chi connectivity index (χ2n) is 8.58. The Bertz CT molecular complexity index is 1450. The molecule has 0 saturated heterocycles. The number of aromatic nitrogens is 1. The fraction of sp³-hybridized carbons (Fsp3) is 0.107. The van der Waals surface area contributed by atoms with Gasteiger partial charge in [0.1, 0.15) is 5.82 Å². The molecular weight excluding hydrogens is 364 g/mol. The summed E-state index contributed by atoms with van der Waals surface area (Å²) in [4.78, 5) is 4.96. The van der Waals surface area contributed by atoms with E-state index in [1.807, 2.05) is 6.07 Å². The summed E-state index contributed by atoms with van der Waals surface area (Å²) in [6, 6.07) is 32.3. The van der Waals surface area contributed by atoms with Crippen LogP contribution in [0.2, 0.25) is 0 Å². The highest BCUT2D eigenvalue weighted by Gasteiger charge is 2.35. The average Bonchev–Trinajstić information content (AvgIpc) is 3.01. The summed E-state index contributed by atoms with van der Waals surface area (Å²) in [6.45, 7) is 4.62. The van der Waals surface area contributed by atoms with Gasteiger partial charge in [0.15, 0.2) is 0 Å². The van der Waals surface area contributed by atoms with Gasteiger partial charge in [0.25, 0.3) is 0 Å². The predicted octanol–water partition coefficient (Wildman–Crippen LogP) is 7.44. The van der Waals surface area contributed by atoms with Crippen molar-refractivity contribution in [3.8, 4) is 11.1 Å². The molecule has 144 valence electrons. The van der Waals surface area contributed by atoms with Crippen molar-refractivity contribution >= 4 is 33.2 Å². The highest BCUT2D eigenvalue weighted by Crippen LogP contribution is 2.49. The number of hydrogen-bond acceptors (Lipinski definition) is 2. The van der Waals surface area contributed by atoms with Crippen LogP contribution in [0.15, 0.2) is 91.0 Å². The Morgan fingerprint density at radius 1 is 0.633 bits per heavy atom. The van der Waals surface area contributed by atoms with Crippen LogP contribution in [0.1, 0.15) is 25.0 Å². The van der Waals surface area contributed by atoms with Gasteiger partial charge in [-0.3, -0.25) is 0 Å². The first-order valence-electron chi connectivity index (χ1n) is 10.4. The van der Waals surface area contributed by atoms with E-state index in [0.29, 0.717) is 0 Å². The average molecular weight is 386 g/mol. The number of anilines is 2. The molecule has 6 rings (SSSR count). The van der Waals surface area contributed by atoms with E-state index in [-0.39, 0.29) is 5.41 Å². The topological polar surface area (TPSA) is 24.9 Å². The molecule has 1 N–H and O–H groups in total. The first kappa shape index (κ1) is 17.2. The zero-order chi connectivity index (χ0) is 20.3. The number of rotatable bonds is 2. The van der Waals surface area contributed by atoms with E-state index < -0.39 is 0 Å². The molecule has 0 bridgehead atoms. The van der Waals surface area contributed by atoms with Crippen molar-refractivity contribution in [3.63, 3.8) is 0 Å². The monoisotopic (exact) mass is 386 g/mol. The largest absolute Gasteiger partial charge is 0.340 e. The van der Waals surface area contributed by atoms with E-state index in [0.717, 1.165) is 22.4 Å². The molecule has 0 unspecified atom stereocenters. The number of nitrogens with zero attached hydrogens (tertiary/aromatic N) is 1. The maximum atomic E-state index is 4.96. The summed E-state index contributed by atoms with van der Waals surface area (Å²) in [6.07, 6.45) is 0. The smallest absolute Gasteiger partial charge is 0.138 e. The minimum absolute atomic E-state index is 0.0114. The van der Waals surface area contributed by atoms with Gasteiger partial charge in [0, 0.05) is 21.9 Å². The van der Waals surface area contributed by atoms with E-state index >= 15 is 0 Å². The summed E-state index contributed by atoms with van der Waals surface area (Å²) in [7, 11) is 0. The molecule has 0 fully saturated rings. The van der Waals surface area contributed by atoms with Gasteiger partial charge in [0.2, 0.25) is 0 Å². The summed E-state index contributed by atoms with van der Waals surface area (Å²) >= 11 is 0. The second kappa shape index (κ2) is 6.17. The highest BCUT2D eigenvalue weighted by molar-refractivity contribution is 6.10. The molecule has 1 aliphatic carbocycles. The molecule has 0 atom stereocenters. The van der Waals surface area contributed by atoms with Gasteiger partial charge < -0.3 is 5.32 Å². The second-order valence-corrected chi connectivity index (χ2v) is 8.58. The molecule has 4 aromatic carbocycles. The normalized spacial score (nSPS) is 13.9. The van der Waals surface area contributed by atoms with E-state index in [2.05, 4.69) is 104 Å². The molecule has 0 aliphatic heterocycles. The maximum Gasteiger partial charge on any atom is 0.138 e. The van der Waals surface area contributed by atoms with Crippen molar-refractivity contribution in [2.24, 2.45) is 0 Å². The van der Waals surface area contributed by atoms with E-state index in [1.54, 1.807) is 0 Å². The van der Waals surface area contributed by atoms with Crippen LogP contribution in [0.4, 0.5) is 11.5 Å². The minimum atomic E-state index is -0.0114. The molecule has 5 aromatic rings. The van der Waals surface area contributed by atoms with Crippen LogP contribution in [0.3, 0.4) is 0 Å². The molecule has 0 spiro atoms. The van der Waals surface area contributed by atoms with Gasteiger partial charge in [-0.1, -0.05) is 86.6 Å². The van der Waals surface area contributed by atoms with Gasteiger partial charge in [0.05, 0.1) is 5.52 Å². The number of pyridine rings is 1. The minimum Gasteiger partial charge on any atom is -0.340 e. The lowest BCUT2D eigenvalue weighted by molar-refractivity contribution is 0.660. The molecule has 1 aliphatic rings. The predicted molar refractivity (Wildman–Crippen MR) is 127 cm³/mol. The lowest BCUT2D eigenvalue weighted by atomic mass is 9.82. The van der Waals surface area contributed by atoms with Crippen molar-refractivity contribution in [2.45, 2.75) is 19.3 Å². The third-order valence-electron chi connectivity index (χ3n) is 6.45. The SMILES string of the molecule is CC1(C)c2ccccc2-c2ccc(Nc3nc4ccccc4c4ccccc34)cc21. The van der Waals surface area contributed by atoms with Crippen LogP contribution in [-0.4, -0.2) is 4.98 Å². The van der Waals surface area contributed by atoms with Crippen LogP contribution in [0, 0.1) is 0 Å². The first-order valence-corrected chi connectivity index (χ1v) is 10.4. The molecule has 1 aromatic heterocycles. The quantitative estimate of drug-likeness (QED) is 0.319. The molecule has 2 heteroatoms. The molecule has 0 amide bonds. The van der Waals surface area contributed by atoms with E-state index in [9.17, 15) is 0 Å². The van der Waals surface area contributed by atoms with Crippen molar-refractivity contribution in [1.29, 1.82) is 0 Å². The van der Waals surface area contributed by atoms with Gasteiger partial charge in [-0.05, 0) is 45.8 Å². The van der Waals surface area contributed by atoms with Crippen LogP contribution in [0.5, 0.6) is 0 Å². The fourth-order valence-electron chi connectivity index (χ4n) is 4.92. The highest BCUT2D eigenvalue weighted by atomic mass is 15.0. The van der Waals surface area contributed by atoms with Crippen LogP contribution < -0.4 is 5.32 Å². The Labute approximate surface area is 176 Å². The number of hydrogen-bond donors (Lipinski definition) is 1. The van der Waals surface area contributed by atoms with Gasteiger partial charge >= 0.3 is 0 Å². The van der Waals surface area contributed by atoms with Crippen LogP contribution in [-0.2, 0) is 5.41 Å². The number of para-hydroxylation sites is 1. The first-order chi connectivity index (χ1) is 14.6. The van der Waals surface area contributed by atoms with Crippen LogP contribution >= 0.6 is 0 Å². The lowest BCUT2D eigenvalue weighted by Gasteiger charge is -2.22. The Balaban J connectivity index is 1.50. The Morgan fingerprint density at radius 2 is 1.30 bits per heavy atom. The Kier molecular flexibility index (Phi) is 3.54. The number of fused-ring (bicyclic) bond motifs is 6. The molecule has 1 heterocycles. The van der Waals surface area contributed by atoms with Crippen molar-refractivity contribution in [3.05, 3.63) is 102 Å². The zero-order valence-electron chi connectivity index (χ0n) is 17.1. The number of benzene rings is 4. The summed E-state index contributed by atoms with van der Waals surface area (Å²) in [5.41, 5.74) is 7.50. The summed E-state index contributed by atoms with van der Waals surface area (Å²) in [5, 5.41) is 7.17. The molecular formula is C28H22N2. The summed E-state index contributed by atoms with van der Waals surface area (Å²) in [5.74, 6) is 0.901. The molecule has 0 saturated carbocycles. The van der Waals surface area contributed by atoms with Gasteiger partial charge in [-0.25, -0.2) is 4.98 Å².